The summed E-state index contributed by atoms with van der Waals surface area (Å²) in [5, 5.41) is 4.46. The highest BCUT2D eigenvalue weighted by Crippen LogP contribution is 2.28. The van der Waals surface area contributed by atoms with Crippen LogP contribution in [0.25, 0.3) is 0 Å². The Labute approximate surface area is 125 Å². The Bertz CT molecular complexity index is 600. The second-order valence-electron chi connectivity index (χ2n) is 4.40. The molecule has 0 aliphatic heterocycles. The molecule has 21 heavy (non-hydrogen) atoms. The summed E-state index contributed by atoms with van der Waals surface area (Å²) < 4.78 is 33.3. The number of rotatable bonds is 6. The molecule has 3 N–H and O–H groups in total. The average molecular weight is 317 g/mol. The number of hydrogen-bond acceptors (Lipinski definition) is 4. The molecule has 0 radical (unpaired) electrons. The first kappa shape index (κ1) is 15.8. The van der Waals surface area contributed by atoms with Crippen LogP contribution in [0.5, 0.6) is 0 Å². The van der Waals surface area contributed by atoms with Gasteiger partial charge in [-0.3, -0.25) is 10.5 Å². The van der Waals surface area contributed by atoms with Crippen LogP contribution in [0.15, 0.2) is 24.4 Å². The maximum absolute atomic E-state index is 13.4. The van der Waals surface area contributed by atoms with Crippen LogP contribution < -0.4 is 11.3 Å². The Morgan fingerprint density at radius 3 is 2.62 bits per heavy atom. The molecule has 1 unspecified atom stereocenters. The summed E-state index contributed by atoms with van der Waals surface area (Å²) in [5.74, 6) is 4.16. The number of nitrogens with one attached hydrogen (secondary N) is 1. The number of aromatic nitrogens is 2. The second-order valence-corrected chi connectivity index (χ2v) is 4.80. The smallest absolute Gasteiger partial charge is 0.126 e. The maximum atomic E-state index is 13.4. The molecular weight excluding hydrogens is 302 g/mol. The number of hydrogen-bond donors (Lipinski definition) is 2. The topological polar surface area (TPSA) is 65.1 Å². The van der Waals surface area contributed by atoms with Crippen molar-refractivity contribution in [1.29, 1.82) is 0 Å². The normalized spacial score (nSPS) is 12.6. The van der Waals surface area contributed by atoms with Gasteiger partial charge in [-0.15, -0.1) is 0 Å². The minimum absolute atomic E-state index is 0.316. The number of nitrogens with two attached hydrogens (primary N) is 1. The Morgan fingerprint density at radius 1 is 1.38 bits per heavy atom. The average Bonchev–Trinajstić information content (AvgIpc) is 2.78. The van der Waals surface area contributed by atoms with Crippen LogP contribution in [-0.4, -0.2) is 23.5 Å². The van der Waals surface area contributed by atoms with Crippen molar-refractivity contribution in [1.82, 2.24) is 15.2 Å². The summed E-state index contributed by atoms with van der Waals surface area (Å²) in [7, 11) is 1.56. The van der Waals surface area contributed by atoms with E-state index in [0.29, 0.717) is 29.4 Å². The van der Waals surface area contributed by atoms with Gasteiger partial charge in [0.25, 0.3) is 0 Å². The van der Waals surface area contributed by atoms with Gasteiger partial charge in [-0.2, -0.15) is 5.10 Å². The van der Waals surface area contributed by atoms with Crippen LogP contribution in [0.4, 0.5) is 8.78 Å². The molecule has 2 aromatic rings. The predicted molar refractivity (Wildman–Crippen MR) is 74.6 cm³/mol. The Hall–Kier alpha value is -1.54. The Balaban J connectivity index is 2.43. The summed E-state index contributed by atoms with van der Waals surface area (Å²) in [5.41, 5.74) is 3.34. The van der Waals surface area contributed by atoms with Crippen LogP contribution in [-0.2, 0) is 11.3 Å². The molecule has 5 nitrogen and oxygen atoms in total. The molecule has 114 valence electrons. The van der Waals surface area contributed by atoms with Crippen LogP contribution >= 0.6 is 11.6 Å². The highest BCUT2D eigenvalue weighted by molar-refractivity contribution is 6.31. The number of ether oxygens (including phenoxy) is 1. The molecule has 0 bridgehead atoms. The first-order valence-electron chi connectivity index (χ1n) is 6.19. The van der Waals surface area contributed by atoms with Crippen molar-refractivity contribution in [2.45, 2.75) is 12.6 Å². The van der Waals surface area contributed by atoms with E-state index < -0.39 is 17.7 Å². The third-order valence-corrected chi connectivity index (χ3v) is 3.29. The fourth-order valence-corrected chi connectivity index (χ4v) is 2.34. The highest BCUT2D eigenvalue weighted by Gasteiger charge is 2.22. The maximum Gasteiger partial charge on any atom is 0.126 e. The molecule has 1 aromatic carbocycles. The molecule has 2 rings (SSSR count). The molecule has 1 heterocycles. The molecule has 0 saturated carbocycles. The van der Waals surface area contributed by atoms with E-state index in [1.54, 1.807) is 11.8 Å². The van der Waals surface area contributed by atoms with Crippen LogP contribution in [0.2, 0.25) is 5.02 Å². The molecule has 8 heteroatoms. The Morgan fingerprint density at radius 2 is 2.05 bits per heavy atom. The van der Waals surface area contributed by atoms with Crippen molar-refractivity contribution in [3.8, 4) is 0 Å². The fraction of sp³-hybridized carbons (Fsp3) is 0.308. The van der Waals surface area contributed by atoms with Crippen molar-refractivity contribution >= 4 is 11.6 Å². The van der Waals surface area contributed by atoms with E-state index in [1.165, 1.54) is 18.3 Å². The van der Waals surface area contributed by atoms with Crippen molar-refractivity contribution < 1.29 is 13.5 Å². The number of nitrogens with zero attached hydrogens (tertiary/aromatic N) is 2. The van der Waals surface area contributed by atoms with Gasteiger partial charge in [0, 0.05) is 13.2 Å². The lowest BCUT2D eigenvalue weighted by molar-refractivity contribution is 0.182. The minimum Gasteiger partial charge on any atom is -0.383 e. The third-order valence-electron chi connectivity index (χ3n) is 3.00. The van der Waals surface area contributed by atoms with Gasteiger partial charge in [-0.05, 0) is 17.7 Å². The second kappa shape index (κ2) is 6.95. The quantitative estimate of drug-likeness (QED) is 0.632. The largest absolute Gasteiger partial charge is 0.383 e. The molecule has 0 amide bonds. The molecular formula is C13H15ClF2N4O. The van der Waals surface area contributed by atoms with Crippen molar-refractivity contribution in [2.24, 2.45) is 5.84 Å². The van der Waals surface area contributed by atoms with Gasteiger partial charge < -0.3 is 4.74 Å². The first-order chi connectivity index (χ1) is 10.1. The van der Waals surface area contributed by atoms with Crippen LogP contribution in [0.1, 0.15) is 17.3 Å². The van der Waals surface area contributed by atoms with E-state index in [-0.39, 0.29) is 0 Å². The zero-order valence-corrected chi connectivity index (χ0v) is 12.1. The van der Waals surface area contributed by atoms with E-state index in [0.717, 1.165) is 6.07 Å². The zero-order chi connectivity index (χ0) is 15.4. The fourth-order valence-electron chi connectivity index (χ4n) is 2.09. The molecule has 0 spiro atoms. The molecule has 1 aromatic heterocycles. The minimum atomic E-state index is -0.693. The number of hydrazine groups is 1. The van der Waals surface area contributed by atoms with Crippen LogP contribution in [0.3, 0.4) is 0 Å². The predicted octanol–water partition coefficient (Wildman–Crippen LogP) is 2.01. The molecule has 0 fully saturated rings. The monoisotopic (exact) mass is 316 g/mol. The van der Waals surface area contributed by atoms with E-state index in [4.69, 9.17) is 22.2 Å². The Kier molecular flexibility index (Phi) is 5.24. The lowest BCUT2D eigenvalue weighted by Gasteiger charge is -2.19. The summed E-state index contributed by atoms with van der Waals surface area (Å²) in [6, 6.07) is 2.48. The third kappa shape index (κ3) is 3.56. The summed E-state index contributed by atoms with van der Waals surface area (Å²) >= 11 is 6.12. The van der Waals surface area contributed by atoms with E-state index in [2.05, 4.69) is 10.5 Å². The summed E-state index contributed by atoms with van der Waals surface area (Å²) in [4.78, 5) is 0. The van der Waals surface area contributed by atoms with Gasteiger partial charge in [0.15, 0.2) is 0 Å². The molecule has 0 saturated heterocycles. The standard InChI is InChI=1S/C13H15ClF2N4O/c1-21-3-2-20-13(11(14)7-18-20)12(19-17)8-4-9(15)6-10(16)5-8/h4-7,12,19H,2-3,17H2,1H3. The number of benzene rings is 1. The summed E-state index contributed by atoms with van der Waals surface area (Å²) in [6.07, 6.45) is 1.45. The van der Waals surface area contributed by atoms with Gasteiger partial charge in [0.2, 0.25) is 0 Å². The number of methoxy groups -OCH3 is 1. The summed E-state index contributed by atoms with van der Waals surface area (Å²) in [6.45, 7) is 0.855. The lowest BCUT2D eigenvalue weighted by Crippen LogP contribution is -2.31. The van der Waals surface area contributed by atoms with Gasteiger partial charge in [0.05, 0.1) is 36.1 Å². The highest BCUT2D eigenvalue weighted by atomic mass is 35.5. The number of halogens is 3. The molecule has 0 aliphatic carbocycles. The van der Waals surface area contributed by atoms with Gasteiger partial charge in [0.1, 0.15) is 11.6 Å². The van der Waals surface area contributed by atoms with Gasteiger partial charge >= 0.3 is 0 Å². The van der Waals surface area contributed by atoms with Gasteiger partial charge in [-0.1, -0.05) is 11.6 Å². The van der Waals surface area contributed by atoms with Crippen molar-refractivity contribution in [2.75, 3.05) is 13.7 Å². The molecule has 1 atom stereocenters. The molecule has 0 aliphatic rings. The van der Waals surface area contributed by atoms with E-state index >= 15 is 0 Å². The SMILES string of the molecule is COCCn1ncc(Cl)c1C(NN)c1cc(F)cc(F)c1. The van der Waals surface area contributed by atoms with E-state index in [1.807, 2.05) is 0 Å². The van der Waals surface area contributed by atoms with Gasteiger partial charge in [-0.25, -0.2) is 14.2 Å². The van der Waals surface area contributed by atoms with Crippen molar-refractivity contribution in [3.63, 3.8) is 0 Å². The van der Waals surface area contributed by atoms with Crippen LogP contribution in [0, 0.1) is 11.6 Å². The zero-order valence-electron chi connectivity index (χ0n) is 11.3. The first-order valence-corrected chi connectivity index (χ1v) is 6.57. The lowest BCUT2D eigenvalue weighted by atomic mass is 10.0. The van der Waals surface area contributed by atoms with Crippen molar-refractivity contribution in [3.05, 3.63) is 52.3 Å². The van der Waals surface area contributed by atoms with E-state index in [9.17, 15) is 8.78 Å².